The van der Waals surface area contributed by atoms with Crippen molar-refractivity contribution in [1.82, 2.24) is 5.32 Å². The van der Waals surface area contributed by atoms with Crippen molar-refractivity contribution in [2.75, 3.05) is 20.3 Å². The zero-order chi connectivity index (χ0) is 14.1. The van der Waals surface area contributed by atoms with Gasteiger partial charge in [-0.3, -0.25) is 0 Å². The number of hydrogen-bond donors (Lipinski definition) is 2. The van der Waals surface area contributed by atoms with Crippen LogP contribution in [0.25, 0.3) is 0 Å². The third kappa shape index (κ3) is 6.79. The molecule has 1 aromatic carbocycles. The fourth-order valence-electron chi connectivity index (χ4n) is 1.45. The van der Waals surface area contributed by atoms with E-state index in [0.29, 0.717) is 13.0 Å². The number of carbonyl (C=O) groups excluding carboxylic acids is 1. The number of carbonyl (C=O) groups is 1. The van der Waals surface area contributed by atoms with Crippen molar-refractivity contribution < 1.29 is 19.4 Å². The van der Waals surface area contributed by atoms with Crippen molar-refractivity contribution in [2.45, 2.75) is 25.6 Å². The lowest BCUT2D eigenvalue weighted by Crippen LogP contribution is -2.41. The number of hydrogen-bond acceptors (Lipinski definition) is 4. The zero-order valence-electron chi connectivity index (χ0n) is 11.4. The molecule has 0 saturated heterocycles. The SMILES string of the molecule is COCCC(C)(O)CNC(=O)OCc1ccccc1. The van der Waals surface area contributed by atoms with E-state index in [1.165, 1.54) is 0 Å². The van der Waals surface area contributed by atoms with Gasteiger partial charge >= 0.3 is 6.09 Å². The molecular weight excluding hydrogens is 246 g/mol. The molecule has 0 heterocycles. The number of methoxy groups -OCH3 is 1. The van der Waals surface area contributed by atoms with Gasteiger partial charge in [0.05, 0.1) is 5.60 Å². The Balaban J connectivity index is 2.24. The average molecular weight is 267 g/mol. The molecule has 0 spiro atoms. The van der Waals surface area contributed by atoms with Crippen LogP contribution in [0.3, 0.4) is 0 Å². The second-order valence-corrected chi connectivity index (χ2v) is 4.66. The van der Waals surface area contributed by atoms with Gasteiger partial charge in [0.25, 0.3) is 0 Å². The Morgan fingerprint density at radius 2 is 2.05 bits per heavy atom. The van der Waals surface area contributed by atoms with Crippen LogP contribution in [-0.2, 0) is 16.1 Å². The number of benzene rings is 1. The summed E-state index contributed by atoms with van der Waals surface area (Å²) in [6.07, 6.45) is -0.0933. The van der Waals surface area contributed by atoms with Crippen LogP contribution in [0.1, 0.15) is 18.9 Å². The Hall–Kier alpha value is -1.59. The predicted octanol–water partition coefficient (Wildman–Crippen LogP) is 1.70. The molecule has 19 heavy (non-hydrogen) atoms. The highest BCUT2D eigenvalue weighted by molar-refractivity contribution is 5.67. The smallest absolute Gasteiger partial charge is 0.407 e. The van der Waals surface area contributed by atoms with Gasteiger partial charge in [-0.05, 0) is 12.5 Å². The fourth-order valence-corrected chi connectivity index (χ4v) is 1.45. The Kier molecular flexibility index (Phi) is 6.32. The maximum absolute atomic E-state index is 11.5. The highest BCUT2D eigenvalue weighted by Crippen LogP contribution is 2.07. The molecular formula is C14H21NO4. The third-order valence-corrected chi connectivity index (χ3v) is 2.67. The molecule has 5 heteroatoms. The van der Waals surface area contributed by atoms with Crippen LogP contribution in [0.5, 0.6) is 0 Å². The molecule has 1 amide bonds. The van der Waals surface area contributed by atoms with Gasteiger partial charge in [0.1, 0.15) is 6.61 Å². The largest absolute Gasteiger partial charge is 0.445 e. The van der Waals surface area contributed by atoms with E-state index in [2.05, 4.69) is 5.32 Å². The summed E-state index contributed by atoms with van der Waals surface area (Å²) in [4.78, 5) is 11.5. The lowest BCUT2D eigenvalue weighted by molar-refractivity contribution is 0.0235. The maximum atomic E-state index is 11.5. The summed E-state index contributed by atoms with van der Waals surface area (Å²) in [6, 6.07) is 9.42. The highest BCUT2D eigenvalue weighted by atomic mass is 16.5. The van der Waals surface area contributed by atoms with Crippen molar-refractivity contribution in [1.29, 1.82) is 0 Å². The topological polar surface area (TPSA) is 67.8 Å². The zero-order valence-corrected chi connectivity index (χ0v) is 11.4. The highest BCUT2D eigenvalue weighted by Gasteiger charge is 2.21. The monoisotopic (exact) mass is 267 g/mol. The molecule has 2 N–H and O–H groups in total. The fraction of sp³-hybridized carbons (Fsp3) is 0.500. The van der Waals surface area contributed by atoms with Gasteiger partial charge in [-0.15, -0.1) is 0 Å². The summed E-state index contributed by atoms with van der Waals surface area (Å²) < 4.78 is 9.92. The van der Waals surface area contributed by atoms with E-state index in [1.807, 2.05) is 30.3 Å². The van der Waals surface area contributed by atoms with Crippen molar-refractivity contribution >= 4 is 6.09 Å². The second-order valence-electron chi connectivity index (χ2n) is 4.66. The van der Waals surface area contributed by atoms with Crippen molar-refractivity contribution in [3.63, 3.8) is 0 Å². The molecule has 0 bridgehead atoms. The molecule has 106 valence electrons. The minimum atomic E-state index is -0.998. The lowest BCUT2D eigenvalue weighted by atomic mass is 10.0. The Bertz CT molecular complexity index is 378. The number of ether oxygens (including phenoxy) is 2. The van der Waals surface area contributed by atoms with Crippen LogP contribution in [-0.4, -0.2) is 37.1 Å². The van der Waals surface area contributed by atoms with Gasteiger partial charge in [-0.1, -0.05) is 30.3 Å². The summed E-state index contributed by atoms with van der Waals surface area (Å²) in [7, 11) is 1.57. The van der Waals surface area contributed by atoms with Gasteiger partial charge in [0, 0.05) is 26.7 Å². The summed E-state index contributed by atoms with van der Waals surface area (Å²) in [6.45, 7) is 2.42. The number of rotatable bonds is 7. The molecule has 1 unspecified atom stereocenters. The molecule has 0 aromatic heterocycles. The summed E-state index contributed by atoms with van der Waals surface area (Å²) in [5.41, 5.74) is -0.0781. The molecule has 0 aliphatic rings. The van der Waals surface area contributed by atoms with Crippen LogP contribution in [0.4, 0.5) is 4.79 Å². The van der Waals surface area contributed by atoms with Crippen LogP contribution < -0.4 is 5.32 Å². The number of nitrogens with one attached hydrogen (secondary N) is 1. The minimum absolute atomic E-state index is 0.129. The maximum Gasteiger partial charge on any atom is 0.407 e. The Morgan fingerprint density at radius 1 is 1.37 bits per heavy atom. The number of amides is 1. The average Bonchev–Trinajstić information content (AvgIpc) is 2.42. The van der Waals surface area contributed by atoms with Crippen molar-refractivity contribution in [3.8, 4) is 0 Å². The lowest BCUT2D eigenvalue weighted by Gasteiger charge is -2.22. The summed E-state index contributed by atoms with van der Waals surface area (Å²) in [5, 5.41) is 12.5. The molecule has 1 atom stereocenters. The molecule has 1 rings (SSSR count). The van der Waals surface area contributed by atoms with Crippen LogP contribution in [0.2, 0.25) is 0 Å². The molecule has 0 aliphatic carbocycles. The number of aliphatic hydroxyl groups is 1. The minimum Gasteiger partial charge on any atom is -0.445 e. The van der Waals surface area contributed by atoms with Gasteiger partial charge < -0.3 is 19.9 Å². The van der Waals surface area contributed by atoms with Gasteiger partial charge in [0.15, 0.2) is 0 Å². The molecule has 5 nitrogen and oxygen atoms in total. The summed E-state index contributed by atoms with van der Waals surface area (Å²) >= 11 is 0. The third-order valence-electron chi connectivity index (χ3n) is 2.67. The Morgan fingerprint density at radius 3 is 2.68 bits per heavy atom. The summed E-state index contributed by atoms with van der Waals surface area (Å²) in [5.74, 6) is 0. The first-order chi connectivity index (χ1) is 9.03. The first-order valence-corrected chi connectivity index (χ1v) is 6.19. The van der Waals surface area contributed by atoms with Crippen molar-refractivity contribution in [2.24, 2.45) is 0 Å². The van der Waals surface area contributed by atoms with E-state index in [0.717, 1.165) is 5.56 Å². The van der Waals surface area contributed by atoms with Crippen LogP contribution >= 0.6 is 0 Å². The predicted molar refractivity (Wildman–Crippen MR) is 71.7 cm³/mol. The quantitative estimate of drug-likeness (QED) is 0.789. The van der Waals surface area contributed by atoms with Gasteiger partial charge in [-0.2, -0.15) is 0 Å². The van der Waals surface area contributed by atoms with Gasteiger partial charge in [-0.25, -0.2) is 4.79 Å². The normalized spacial score (nSPS) is 13.6. The second kappa shape index (κ2) is 7.76. The van der Waals surface area contributed by atoms with Crippen molar-refractivity contribution in [3.05, 3.63) is 35.9 Å². The molecule has 0 aliphatic heterocycles. The standard InChI is InChI=1S/C14H21NO4/c1-14(17,8-9-18-2)11-15-13(16)19-10-12-6-4-3-5-7-12/h3-7,17H,8-11H2,1-2H3,(H,15,16). The van der Waals surface area contributed by atoms with Gasteiger partial charge in [0.2, 0.25) is 0 Å². The van der Waals surface area contributed by atoms with E-state index in [9.17, 15) is 9.90 Å². The molecule has 0 fully saturated rings. The molecule has 0 saturated carbocycles. The van der Waals surface area contributed by atoms with E-state index in [1.54, 1.807) is 14.0 Å². The van der Waals surface area contributed by atoms with E-state index >= 15 is 0 Å². The van der Waals surface area contributed by atoms with Crippen LogP contribution in [0, 0.1) is 0 Å². The van der Waals surface area contributed by atoms with Crippen LogP contribution in [0.15, 0.2) is 30.3 Å². The van der Waals surface area contributed by atoms with E-state index in [4.69, 9.17) is 9.47 Å². The first kappa shape index (κ1) is 15.5. The van der Waals surface area contributed by atoms with E-state index in [-0.39, 0.29) is 13.2 Å². The first-order valence-electron chi connectivity index (χ1n) is 6.19. The molecule has 1 aromatic rings. The number of alkyl carbamates (subject to hydrolysis) is 1. The Labute approximate surface area is 113 Å². The molecule has 0 radical (unpaired) electrons. The van der Waals surface area contributed by atoms with E-state index < -0.39 is 11.7 Å².